The Balaban J connectivity index is 1.61. The van der Waals surface area contributed by atoms with Crippen molar-refractivity contribution < 1.29 is 4.79 Å². The number of carbonyl (C=O) groups excluding carboxylic acids is 1. The predicted octanol–water partition coefficient (Wildman–Crippen LogP) is 1.70. The van der Waals surface area contributed by atoms with Crippen molar-refractivity contribution in [2.24, 2.45) is 17.3 Å². The molecule has 3 unspecified atom stereocenters. The molecule has 3 rings (SSSR count). The molecular formula is C12H19NO. The van der Waals surface area contributed by atoms with Crippen molar-refractivity contribution in [3.63, 3.8) is 0 Å². The lowest BCUT2D eigenvalue weighted by atomic mass is 10.0. The van der Waals surface area contributed by atoms with Crippen molar-refractivity contribution in [2.45, 2.75) is 39.2 Å². The first-order valence-electron chi connectivity index (χ1n) is 5.85. The third-order valence-corrected chi connectivity index (χ3v) is 4.89. The Labute approximate surface area is 85.7 Å². The van der Waals surface area contributed by atoms with E-state index in [1.165, 1.54) is 13.1 Å². The van der Waals surface area contributed by atoms with Crippen LogP contribution in [0.2, 0.25) is 0 Å². The van der Waals surface area contributed by atoms with Crippen LogP contribution in [0.5, 0.6) is 0 Å². The number of rotatable bonds is 1. The minimum atomic E-state index is 0.481. The van der Waals surface area contributed by atoms with E-state index in [4.69, 9.17) is 0 Å². The van der Waals surface area contributed by atoms with Crippen LogP contribution in [0.3, 0.4) is 0 Å². The third kappa shape index (κ3) is 1.10. The molecule has 2 nitrogen and oxygen atoms in total. The van der Waals surface area contributed by atoms with Gasteiger partial charge in [0.1, 0.15) is 5.78 Å². The van der Waals surface area contributed by atoms with Crippen LogP contribution in [0.25, 0.3) is 0 Å². The molecule has 78 valence electrons. The Kier molecular flexibility index (Phi) is 1.65. The topological polar surface area (TPSA) is 20.3 Å². The molecule has 1 heterocycles. The minimum absolute atomic E-state index is 0.481. The zero-order chi connectivity index (χ0) is 9.92. The number of carbonyl (C=O) groups is 1. The average molecular weight is 193 g/mol. The monoisotopic (exact) mass is 193 g/mol. The maximum Gasteiger partial charge on any atom is 0.134 e. The van der Waals surface area contributed by atoms with Crippen LogP contribution < -0.4 is 0 Å². The molecule has 0 N–H and O–H groups in total. The minimum Gasteiger partial charge on any atom is -0.300 e. The average Bonchev–Trinajstić information content (AvgIpc) is 2.62. The number of likely N-dealkylation sites (tertiary alicyclic amines) is 1. The van der Waals surface area contributed by atoms with Crippen LogP contribution >= 0.6 is 0 Å². The second-order valence-electron chi connectivity index (χ2n) is 5.92. The summed E-state index contributed by atoms with van der Waals surface area (Å²) in [5.74, 6) is 2.34. The van der Waals surface area contributed by atoms with E-state index >= 15 is 0 Å². The summed E-state index contributed by atoms with van der Waals surface area (Å²) in [5.41, 5.74) is 0.610. The van der Waals surface area contributed by atoms with E-state index in [0.717, 1.165) is 31.1 Å². The summed E-state index contributed by atoms with van der Waals surface area (Å²) in [6.45, 7) is 7.30. The molecule has 1 saturated heterocycles. The molecule has 0 aromatic rings. The number of hydrogen-bond donors (Lipinski definition) is 0. The zero-order valence-electron chi connectivity index (χ0n) is 9.12. The summed E-state index contributed by atoms with van der Waals surface area (Å²) in [4.78, 5) is 13.8. The van der Waals surface area contributed by atoms with Gasteiger partial charge in [-0.25, -0.2) is 0 Å². The Hall–Kier alpha value is -0.370. The molecule has 2 aliphatic carbocycles. The fourth-order valence-corrected chi connectivity index (χ4v) is 3.57. The Bertz CT molecular complexity index is 270. The molecule has 3 aliphatic rings. The second kappa shape index (κ2) is 2.60. The molecule has 0 bridgehead atoms. The van der Waals surface area contributed by atoms with Crippen LogP contribution in [-0.4, -0.2) is 29.8 Å². The van der Waals surface area contributed by atoms with E-state index in [2.05, 4.69) is 18.7 Å². The molecule has 2 saturated carbocycles. The summed E-state index contributed by atoms with van der Waals surface area (Å²) < 4.78 is 0. The van der Waals surface area contributed by atoms with E-state index in [-0.39, 0.29) is 0 Å². The molecule has 1 aliphatic heterocycles. The molecule has 14 heavy (non-hydrogen) atoms. The van der Waals surface area contributed by atoms with Gasteiger partial charge in [0.05, 0.1) is 0 Å². The zero-order valence-corrected chi connectivity index (χ0v) is 9.12. The molecule has 0 aromatic heterocycles. The summed E-state index contributed by atoms with van der Waals surface area (Å²) in [7, 11) is 0. The number of Topliss-reactive ketones (excluding diaryl/α,β-unsaturated/α-hetero) is 1. The van der Waals surface area contributed by atoms with Crippen molar-refractivity contribution in [2.75, 3.05) is 13.1 Å². The highest BCUT2D eigenvalue weighted by molar-refractivity contribution is 5.81. The van der Waals surface area contributed by atoms with Gasteiger partial charge in [-0.15, -0.1) is 0 Å². The molecule has 0 aromatic carbocycles. The van der Waals surface area contributed by atoms with Crippen LogP contribution in [0.1, 0.15) is 33.1 Å². The van der Waals surface area contributed by atoms with Crippen molar-refractivity contribution in [1.29, 1.82) is 0 Å². The summed E-state index contributed by atoms with van der Waals surface area (Å²) in [5, 5.41) is 0. The van der Waals surface area contributed by atoms with E-state index < -0.39 is 0 Å². The maximum atomic E-state index is 11.2. The van der Waals surface area contributed by atoms with E-state index in [1.807, 2.05) is 0 Å². The van der Waals surface area contributed by atoms with Gasteiger partial charge in [0, 0.05) is 32.0 Å². The van der Waals surface area contributed by atoms with Gasteiger partial charge in [-0.1, -0.05) is 13.8 Å². The van der Waals surface area contributed by atoms with Crippen LogP contribution in [0.4, 0.5) is 0 Å². The largest absolute Gasteiger partial charge is 0.300 e. The first kappa shape index (κ1) is 8.90. The Morgan fingerprint density at radius 3 is 2.43 bits per heavy atom. The SMILES string of the molecule is CC1(C)C2CN(C3CCC(=O)C3)CC21. The smallest absolute Gasteiger partial charge is 0.134 e. The summed E-state index contributed by atoms with van der Waals surface area (Å²) >= 11 is 0. The van der Waals surface area contributed by atoms with Crippen LogP contribution in [0, 0.1) is 17.3 Å². The van der Waals surface area contributed by atoms with Crippen LogP contribution in [-0.2, 0) is 4.79 Å². The van der Waals surface area contributed by atoms with Crippen LogP contribution in [0.15, 0.2) is 0 Å². The van der Waals surface area contributed by atoms with Gasteiger partial charge in [-0.05, 0) is 23.7 Å². The highest BCUT2D eigenvalue weighted by atomic mass is 16.1. The number of ketones is 1. The fourth-order valence-electron chi connectivity index (χ4n) is 3.57. The van der Waals surface area contributed by atoms with Gasteiger partial charge in [0.15, 0.2) is 0 Å². The van der Waals surface area contributed by atoms with Gasteiger partial charge in [-0.3, -0.25) is 9.69 Å². The van der Waals surface area contributed by atoms with Crippen molar-refractivity contribution in [3.05, 3.63) is 0 Å². The van der Waals surface area contributed by atoms with Gasteiger partial charge in [0.25, 0.3) is 0 Å². The van der Waals surface area contributed by atoms with Gasteiger partial charge < -0.3 is 0 Å². The third-order valence-electron chi connectivity index (χ3n) is 4.89. The first-order chi connectivity index (χ1) is 6.59. The van der Waals surface area contributed by atoms with E-state index in [0.29, 0.717) is 17.2 Å². The normalized spacial score (nSPS) is 45.6. The lowest BCUT2D eigenvalue weighted by Gasteiger charge is -2.27. The fraction of sp³-hybridized carbons (Fsp3) is 0.917. The molecule has 0 amide bonds. The Morgan fingerprint density at radius 1 is 1.29 bits per heavy atom. The predicted molar refractivity (Wildman–Crippen MR) is 55.0 cm³/mol. The maximum absolute atomic E-state index is 11.2. The number of piperidine rings is 1. The summed E-state index contributed by atoms with van der Waals surface area (Å²) in [6, 6.07) is 0.603. The number of hydrogen-bond acceptors (Lipinski definition) is 2. The van der Waals surface area contributed by atoms with E-state index in [1.54, 1.807) is 0 Å². The number of fused-ring (bicyclic) bond motifs is 1. The quantitative estimate of drug-likeness (QED) is 0.631. The molecule has 2 heteroatoms. The van der Waals surface area contributed by atoms with Crippen molar-refractivity contribution in [3.8, 4) is 0 Å². The standard InChI is InChI=1S/C12H19NO/c1-12(2)10-6-13(7-11(10)12)8-3-4-9(14)5-8/h8,10-11H,3-7H2,1-2H3. The highest BCUT2D eigenvalue weighted by Crippen LogP contribution is 2.62. The van der Waals surface area contributed by atoms with Crippen molar-refractivity contribution >= 4 is 5.78 Å². The Morgan fingerprint density at radius 2 is 1.93 bits per heavy atom. The molecule has 3 atom stereocenters. The second-order valence-corrected chi connectivity index (χ2v) is 5.92. The highest BCUT2D eigenvalue weighted by Gasteiger charge is 2.62. The summed E-state index contributed by atoms with van der Waals surface area (Å²) in [6.07, 6.45) is 2.79. The van der Waals surface area contributed by atoms with E-state index in [9.17, 15) is 4.79 Å². The first-order valence-corrected chi connectivity index (χ1v) is 5.85. The molecule has 3 fully saturated rings. The van der Waals surface area contributed by atoms with Gasteiger partial charge in [-0.2, -0.15) is 0 Å². The van der Waals surface area contributed by atoms with Crippen molar-refractivity contribution in [1.82, 2.24) is 4.90 Å². The number of nitrogens with zero attached hydrogens (tertiary/aromatic N) is 1. The lowest BCUT2D eigenvalue weighted by Crippen LogP contribution is -2.35. The molecule has 0 radical (unpaired) electrons. The lowest BCUT2D eigenvalue weighted by molar-refractivity contribution is -0.117. The molecular weight excluding hydrogens is 174 g/mol. The van der Waals surface area contributed by atoms with Gasteiger partial charge >= 0.3 is 0 Å². The van der Waals surface area contributed by atoms with Gasteiger partial charge in [0.2, 0.25) is 0 Å². The molecule has 0 spiro atoms.